The molecule has 0 N–H and O–H groups in total. The molecule has 13 heavy (non-hydrogen) atoms. The highest BCUT2D eigenvalue weighted by molar-refractivity contribution is 6.40. The zero-order chi connectivity index (χ0) is 10.3. The van der Waals surface area contributed by atoms with Gasteiger partial charge in [-0.1, -0.05) is 19.8 Å². The van der Waals surface area contributed by atoms with Crippen molar-refractivity contribution in [3.8, 4) is 0 Å². The van der Waals surface area contributed by atoms with Crippen molar-refractivity contribution in [2.75, 3.05) is 0 Å². The van der Waals surface area contributed by atoms with Gasteiger partial charge in [-0.15, -0.1) is 3.94 Å². The summed E-state index contributed by atoms with van der Waals surface area (Å²) in [6, 6.07) is 0. The maximum absolute atomic E-state index is 10.8. The molecule has 0 saturated carbocycles. The van der Waals surface area contributed by atoms with Crippen LogP contribution in [-0.2, 0) is 4.74 Å². The van der Waals surface area contributed by atoms with Gasteiger partial charge in [0, 0.05) is 23.6 Å². The number of nitrogens with zero attached hydrogens (tertiary/aromatic N) is 1. The van der Waals surface area contributed by atoms with Crippen LogP contribution in [0.5, 0.6) is 0 Å². The molecular weight excluding hydrogens is 213 g/mol. The second kappa shape index (κ2) is 7.27. The van der Waals surface area contributed by atoms with Crippen LogP contribution < -0.4 is 0 Å². The van der Waals surface area contributed by atoms with Gasteiger partial charge in [0.1, 0.15) is 6.10 Å². The fourth-order valence-electron chi connectivity index (χ4n) is 0.953. The first-order chi connectivity index (χ1) is 6.07. The van der Waals surface area contributed by atoms with Crippen molar-refractivity contribution in [3.05, 3.63) is 0 Å². The summed E-state index contributed by atoms with van der Waals surface area (Å²) in [5.41, 5.74) is 0. The standard InChI is InChI=1S/C8H15Cl2NO2/c1-3-4-5-6-7(2)13-8(12)11(9)10/h7H,3-6H2,1-2H3. The Morgan fingerprint density at radius 2 is 2.08 bits per heavy atom. The Balaban J connectivity index is 3.50. The first kappa shape index (κ1) is 12.8. The van der Waals surface area contributed by atoms with Crippen molar-refractivity contribution in [1.82, 2.24) is 3.94 Å². The van der Waals surface area contributed by atoms with Crippen molar-refractivity contribution in [2.24, 2.45) is 0 Å². The molecule has 0 aliphatic carbocycles. The molecule has 0 rings (SSSR count). The van der Waals surface area contributed by atoms with Gasteiger partial charge in [-0.2, -0.15) is 0 Å². The van der Waals surface area contributed by atoms with Crippen LogP contribution in [0.1, 0.15) is 39.5 Å². The molecule has 0 radical (unpaired) electrons. The summed E-state index contributed by atoms with van der Waals surface area (Å²) in [5.74, 6) is 0. The molecule has 1 unspecified atom stereocenters. The lowest BCUT2D eigenvalue weighted by atomic mass is 10.1. The Labute approximate surface area is 89.2 Å². The summed E-state index contributed by atoms with van der Waals surface area (Å²) in [5, 5.41) is 0. The smallest absolute Gasteiger partial charge is 0.440 e. The van der Waals surface area contributed by atoms with E-state index in [-0.39, 0.29) is 6.10 Å². The van der Waals surface area contributed by atoms with E-state index < -0.39 is 6.09 Å². The summed E-state index contributed by atoms with van der Waals surface area (Å²) < 4.78 is 5.28. The van der Waals surface area contributed by atoms with Crippen molar-refractivity contribution < 1.29 is 9.53 Å². The van der Waals surface area contributed by atoms with Crippen LogP contribution in [0.3, 0.4) is 0 Å². The Morgan fingerprint density at radius 3 is 2.54 bits per heavy atom. The minimum Gasteiger partial charge on any atom is -0.445 e. The van der Waals surface area contributed by atoms with E-state index in [2.05, 4.69) is 6.92 Å². The Hall–Kier alpha value is -0.150. The zero-order valence-electron chi connectivity index (χ0n) is 7.93. The van der Waals surface area contributed by atoms with Crippen LogP contribution in [0.25, 0.3) is 0 Å². The molecule has 0 saturated heterocycles. The average Bonchev–Trinajstić information content (AvgIpc) is 2.04. The third kappa shape index (κ3) is 6.96. The van der Waals surface area contributed by atoms with Crippen molar-refractivity contribution in [2.45, 2.75) is 45.6 Å². The first-order valence-corrected chi connectivity index (χ1v) is 5.07. The third-order valence-electron chi connectivity index (χ3n) is 1.65. The minimum absolute atomic E-state index is 0.126. The van der Waals surface area contributed by atoms with Gasteiger partial charge < -0.3 is 4.74 Å². The second-order valence-electron chi connectivity index (χ2n) is 2.92. The lowest BCUT2D eigenvalue weighted by Gasteiger charge is -2.13. The molecule has 0 spiro atoms. The lowest BCUT2D eigenvalue weighted by Crippen LogP contribution is -2.19. The van der Waals surface area contributed by atoms with Gasteiger partial charge in [0.05, 0.1) is 0 Å². The molecule has 5 heteroatoms. The highest BCUT2D eigenvalue weighted by Gasteiger charge is 2.13. The van der Waals surface area contributed by atoms with Crippen LogP contribution in [0, 0.1) is 0 Å². The van der Waals surface area contributed by atoms with Crippen molar-refractivity contribution >= 4 is 29.6 Å². The largest absolute Gasteiger partial charge is 0.445 e. The molecule has 1 amide bonds. The van der Waals surface area contributed by atoms with E-state index in [1.165, 1.54) is 0 Å². The fraction of sp³-hybridized carbons (Fsp3) is 0.875. The summed E-state index contributed by atoms with van der Waals surface area (Å²) in [7, 11) is 0. The quantitative estimate of drug-likeness (QED) is 0.530. The van der Waals surface area contributed by atoms with Crippen LogP contribution in [0.15, 0.2) is 0 Å². The number of hydrogen-bond acceptors (Lipinski definition) is 2. The normalized spacial score (nSPS) is 12.3. The maximum Gasteiger partial charge on any atom is 0.440 e. The first-order valence-electron chi connectivity index (χ1n) is 4.40. The van der Waals surface area contributed by atoms with Gasteiger partial charge in [-0.3, -0.25) is 0 Å². The van der Waals surface area contributed by atoms with Crippen LogP contribution in [0.4, 0.5) is 4.79 Å². The molecule has 1 atom stereocenters. The number of unbranched alkanes of at least 4 members (excludes halogenated alkanes) is 2. The van der Waals surface area contributed by atoms with E-state index in [0.29, 0.717) is 3.94 Å². The molecule has 0 bridgehead atoms. The number of rotatable bonds is 5. The van der Waals surface area contributed by atoms with Gasteiger partial charge in [0.2, 0.25) is 0 Å². The van der Waals surface area contributed by atoms with E-state index >= 15 is 0 Å². The SMILES string of the molecule is CCCCCC(C)OC(=O)N(Cl)Cl. The summed E-state index contributed by atoms with van der Waals surface area (Å²) in [6.07, 6.45) is 3.35. The molecule has 78 valence electrons. The van der Waals surface area contributed by atoms with Crippen LogP contribution in [0.2, 0.25) is 0 Å². The number of halogens is 2. The monoisotopic (exact) mass is 227 g/mol. The number of carbonyl (C=O) groups excluding carboxylic acids is 1. The molecule has 0 fully saturated rings. The molecule has 0 aliphatic heterocycles. The number of ether oxygens (including phenoxy) is 1. The Morgan fingerprint density at radius 1 is 1.46 bits per heavy atom. The second-order valence-corrected chi connectivity index (χ2v) is 3.77. The maximum atomic E-state index is 10.8. The summed E-state index contributed by atoms with van der Waals surface area (Å²) in [6.45, 7) is 3.95. The van der Waals surface area contributed by atoms with Crippen molar-refractivity contribution in [1.29, 1.82) is 0 Å². The average molecular weight is 228 g/mol. The molecule has 3 nitrogen and oxygen atoms in total. The molecule has 0 aromatic carbocycles. The Kier molecular flexibility index (Phi) is 7.19. The number of carbonyl (C=O) groups is 1. The summed E-state index contributed by atoms with van der Waals surface area (Å²) in [4.78, 5) is 10.8. The van der Waals surface area contributed by atoms with E-state index in [1.54, 1.807) is 0 Å². The van der Waals surface area contributed by atoms with Crippen LogP contribution in [-0.4, -0.2) is 16.1 Å². The third-order valence-corrected chi connectivity index (χ3v) is 1.93. The molecule has 0 aliphatic rings. The van der Waals surface area contributed by atoms with Gasteiger partial charge in [0.15, 0.2) is 0 Å². The number of hydrogen-bond donors (Lipinski definition) is 0. The van der Waals surface area contributed by atoms with E-state index in [4.69, 9.17) is 28.3 Å². The Bertz CT molecular complexity index is 153. The topological polar surface area (TPSA) is 29.5 Å². The van der Waals surface area contributed by atoms with E-state index in [0.717, 1.165) is 25.7 Å². The van der Waals surface area contributed by atoms with Gasteiger partial charge in [-0.25, -0.2) is 4.79 Å². The van der Waals surface area contributed by atoms with Crippen LogP contribution >= 0.6 is 23.6 Å². The summed E-state index contributed by atoms with van der Waals surface area (Å²) >= 11 is 10.3. The molecule has 0 aromatic heterocycles. The predicted molar refractivity (Wildman–Crippen MR) is 53.6 cm³/mol. The zero-order valence-corrected chi connectivity index (χ0v) is 9.44. The fourth-order valence-corrected chi connectivity index (χ4v) is 1.03. The minimum atomic E-state index is -0.715. The molecule has 0 aromatic rings. The lowest BCUT2D eigenvalue weighted by molar-refractivity contribution is 0.0952. The highest BCUT2D eigenvalue weighted by atomic mass is 35.5. The molecule has 0 heterocycles. The van der Waals surface area contributed by atoms with E-state index in [9.17, 15) is 4.79 Å². The highest BCUT2D eigenvalue weighted by Crippen LogP contribution is 2.10. The number of amides is 1. The predicted octanol–water partition coefficient (Wildman–Crippen LogP) is 3.70. The van der Waals surface area contributed by atoms with Crippen molar-refractivity contribution in [3.63, 3.8) is 0 Å². The van der Waals surface area contributed by atoms with Gasteiger partial charge in [0.25, 0.3) is 0 Å². The van der Waals surface area contributed by atoms with Gasteiger partial charge in [-0.05, 0) is 19.8 Å². The molecular formula is C8H15Cl2NO2. The van der Waals surface area contributed by atoms with Gasteiger partial charge >= 0.3 is 6.09 Å². The van der Waals surface area contributed by atoms with E-state index in [1.807, 2.05) is 6.92 Å².